The molecule has 0 saturated heterocycles. The third-order valence-corrected chi connectivity index (χ3v) is 4.33. The highest BCUT2D eigenvalue weighted by atomic mass is 16.5. The number of benzene rings is 1. The predicted octanol–water partition coefficient (Wildman–Crippen LogP) is 3.84. The summed E-state index contributed by atoms with van der Waals surface area (Å²) in [6.07, 6.45) is 3.01. The molecule has 1 aromatic carbocycles. The molecule has 6 heteroatoms. The maximum absolute atomic E-state index is 12.1. The number of hydrogen-bond donors (Lipinski definition) is 2. The van der Waals surface area contributed by atoms with Gasteiger partial charge in [0.1, 0.15) is 0 Å². The molecule has 3 rings (SSSR count). The van der Waals surface area contributed by atoms with Gasteiger partial charge >= 0.3 is 6.03 Å². The van der Waals surface area contributed by atoms with Crippen LogP contribution in [-0.4, -0.2) is 30.9 Å². The first-order valence-corrected chi connectivity index (χ1v) is 8.39. The molecule has 6 nitrogen and oxygen atoms in total. The molecule has 0 saturated carbocycles. The van der Waals surface area contributed by atoms with Gasteiger partial charge in [-0.05, 0) is 6.42 Å². The van der Waals surface area contributed by atoms with Gasteiger partial charge in [0, 0.05) is 23.6 Å². The number of anilines is 1. The number of nitrogens with one attached hydrogen (secondary N) is 2. The van der Waals surface area contributed by atoms with E-state index in [0.29, 0.717) is 24.7 Å². The monoisotopic (exact) mass is 341 g/mol. The number of rotatable bonds is 5. The van der Waals surface area contributed by atoms with Gasteiger partial charge in [0.25, 0.3) is 0 Å². The van der Waals surface area contributed by atoms with Gasteiger partial charge in [-0.1, -0.05) is 61.0 Å². The summed E-state index contributed by atoms with van der Waals surface area (Å²) in [5, 5.41) is 9.50. The summed E-state index contributed by atoms with van der Waals surface area (Å²) in [7, 11) is 0. The van der Waals surface area contributed by atoms with Crippen molar-refractivity contribution in [3.8, 4) is 11.3 Å². The van der Waals surface area contributed by atoms with Gasteiger partial charge in [-0.3, -0.25) is 5.32 Å². The van der Waals surface area contributed by atoms with Crippen LogP contribution in [0.5, 0.6) is 0 Å². The summed E-state index contributed by atoms with van der Waals surface area (Å²) in [4.78, 5) is 12.1. The standard InChI is InChI=1S/C19H23N3O3/c1-19(2,15-8-10-24-11-9-15)13-20-18(23)21-17-12-16(25-22-17)14-6-4-3-5-7-14/h3-8,12H,9-11,13H2,1-2H3,(H2,20,21,22,23). The molecule has 0 spiro atoms. The van der Waals surface area contributed by atoms with Crippen LogP contribution < -0.4 is 10.6 Å². The molecule has 0 unspecified atom stereocenters. The van der Waals surface area contributed by atoms with Crippen molar-refractivity contribution >= 4 is 11.8 Å². The Bertz CT molecular complexity index is 750. The minimum atomic E-state index is -0.298. The molecule has 0 fully saturated rings. The molecule has 1 aliphatic heterocycles. The van der Waals surface area contributed by atoms with Crippen molar-refractivity contribution in [3.63, 3.8) is 0 Å². The average molecular weight is 341 g/mol. The van der Waals surface area contributed by atoms with E-state index in [1.807, 2.05) is 30.3 Å². The molecule has 25 heavy (non-hydrogen) atoms. The number of nitrogens with zero attached hydrogens (tertiary/aromatic N) is 1. The fraction of sp³-hybridized carbons (Fsp3) is 0.368. The van der Waals surface area contributed by atoms with E-state index in [1.165, 1.54) is 5.57 Å². The molecule has 2 amide bonds. The van der Waals surface area contributed by atoms with Crippen LogP contribution in [0.2, 0.25) is 0 Å². The van der Waals surface area contributed by atoms with Crippen molar-refractivity contribution < 1.29 is 14.1 Å². The highest BCUT2D eigenvalue weighted by Crippen LogP contribution is 2.29. The van der Waals surface area contributed by atoms with Crippen LogP contribution in [0.3, 0.4) is 0 Å². The van der Waals surface area contributed by atoms with Crippen LogP contribution in [0, 0.1) is 5.41 Å². The van der Waals surface area contributed by atoms with E-state index in [2.05, 4.69) is 35.7 Å². The largest absolute Gasteiger partial charge is 0.377 e. The molecule has 0 bridgehead atoms. The first-order chi connectivity index (χ1) is 12.0. The normalized spacial score (nSPS) is 14.7. The second kappa shape index (κ2) is 7.53. The van der Waals surface area contributed by atoms with Crippen molar-refractivity contribution in [1.82, 2.24) is 10.5 Å². The van der Waals surface area contributed by atoms with E-state index in [9.17, 15) is 4.79 Å². The van der Waals surface area contributed by atoms with Crippen LogP contribution in [0.15, 0.2) is 52.6 Å². The molecule has 0 atom stereocenters. The molecular weight excluding hydrogens is 318 g/mol. The number of aromatic nitrogens is 1. The molecule has 2 aromatic rings. The summed E-state index contributed by atoms with van der Waals surface area (Å²) >= 11 is 0. The lowest BCUT2D eigenvalue weighted by Crippen LogP contribution is -2.38. The van der Waals surface area contributed by atoms with Crippen molar-refractivity contribution in [1.29, 1.82) is 0 Å². The second-order valence-electron chi connectivity index (χ2n) is 6.69. The first kappa shape index (κ1) is 17.2. The van der Waals surface area contributed by atoms with Gasteiger partial charge in [0.05, 0.1) is 13.2 Å². The van der Waals surface area contributed by atoms with Gasteiger partial charge < -0.3 is 14.6 Å². The number of hydrogen-bond acceptors (Lipinski definition) is 4. The van der Waals surface area contributed by atoms with Crippen LogP contribution in [0.25, 0.3) is 11.3 Å². The van der Waals surface area contributed by atoms with Gasteiger partial charge in [-0.15, -0.1) is 0 Å². The number of ether oxygens (including phenoxy) is 1. The van der Waals surface area contributed by atoms with E-state index in [-0.39, 0.29) is 11.4 Å². The van der Waals surface area contributed by atoms with Gasteiger partial charge in [0.2, 0.25) is 0 Å². The van der Waals surface area contributed by atoms with Gasteiger partial charge in [-0.25, -0.2) is 4.79 Å². The Hall–Kier alpha value is -2.60. The Morgan fingerprint density at radius 2 is 2.08 bits per heavy atom. The zero-order chi connectivity index (χ0) is 17.7. The summed E-state index contributed by atoms with van der Waals surface area (Å²) in [5.74, 6) is 1.00. The highest BCUT2D eigenvalue weighted by molar-refractivity contribution is 5.88. The maximum Gasteiger partial charge on any atom is 0.320 e. The Morgan fingerprint density at radius 3 is 2.80 bits per heavy atom. The number of amides is 2. The summed E-state index contributed by atoms with van der Waals surface area (Å²) < 4.78 is 10.6. The minimum absolute atomic E-state index is 0.111. The lowest BCUT2D eigenvalue weighted by molar-refractivity contribution is 0.145. The van der Waals surface area contributed by atoms with Gasteiger partial charge in [0.15, 0.2) is 11.6 Å². The topological polar surface area (TPSA) is 76.4 Å². The Kier molecular flexibility index (Phi) is 5.19. The lowest BCUT2D eigenvalue weighted by atomic mass is 9.81. The number of urea groups is 1. The molecule has 2 N–H and O–H groups in total. The smallest absolute Gasteiger partial charge is 0.320 e. The van der Waals surface area contributed by atoms with E-state index >= 15 is 0 Å². The third kappa shape index (κ3) is 4.48. The van der Waals surface area contributed by atoms with E-state index in [1.54, 1.807) is 6.07 Å². The van der Waals surface area contributed by atoms with Crippen molar-refractivity contribution in [2.75, 3.05) is 25.1 Å². The third-order valence-electron chi connectivity index (χ3n) is 4.33. The van der Waals surface area contributed by atoms with Crippen molar-refractivity contribution in [3.05, 3.63) is 48.0 Å². The predicted molar refractivity (Wildman–Crippen MR) is 96.3 cm³/mol. The zero-order valence-corrected chi connectivity index (χ0v) is 14.5. The molecule has 1 aliphatic rings. The Morgan fingerprint density at radius 1 is 1.28 bits per heavy atom. The number of carbonyl (C=O) groups is 1. The Balaban J connectivity index is 1.54. The SMILES string of the molecule is CC(C)(CNC(=O)Nc1cc(-c2ccccc2)on1)C1=CCOCC1. The minimum Gasteiger partial charge on any atom is -0.377 e. The molecular formula is C19H23N3O3. The van der Waals surface area contributed by atoms with Crippen LogP contribution in [0.1, 0.15) is 20.3 Å². The zero-order valence-electron chi connectivity index (χ0n) is 14.5. The molecule has 2 heterocycles. The molecule has 1 aromatic heterocycles. The summed E-state index contributed by atoms with van der Waals surface area (Å²) in [6, 6.07) is 11.0. The fourth-order valence-corrected chi connectivity index (χ4v) is 2.79. The van der Waals surface area contributed by atoms with E-state index in [4.69, 9.17) is 9.26 Å². The van der Waals surface area contributed by atoms with Crippen molar-refractivity contribution in [2.45, 2.75) is 20.3 Å². The summed E-state index contributed by atoms with van der Waals surface area (Å²) in [5.41, 5.74) is 2.11. The Labute approximate surface area is 147 Å². The second-order valence-corrected chi connectivity index (χ2v) is 6.69. The van der Waals surface area contributed by atoms with Crippen LogP contribution in [-0.2, 0) is 4.74 Å². The van der Waals surface area contributed by atoms with E-state index < -0.39 is 0 Å². The quantitative estimate of drug-likeness (QED) is 0.810. The maximum atomic E-state index is 12.1. The number of carbonyl (C=O) groups excluding carboxylic acids is 1. The van der Waals surface area contributed by atoms with Crippen LogP contribution >= 0.6 is 0 Å². The van der Waals surface area contributed by atoms with E-state index in [0.717, 1.165) is 18.6 Å². The lowest BCUT2D eigenvalue weighted by Gasteiger charge is -2.30. The van der Waals surface area contributed by atoms with Crippen LogP contribution in [0.4, 0.5) is 10.6 Å². The highest BCUT2D eigenvalue weighted by Gasteiger charge is 2.25. The fourth-order valence-electron chi connectivity index (χ4n) is 2.79. The average Bonchev–Trinajstić information content (AvgIpc) is 3.10. The first-order valence-electron chi connectivity index (χ1n) is 8.39. The molecule has 132 valence electrons. The summed E-state index contributed by atoms with van der Waals surface area (Å²) in [6.45, 7) is 6.16. The molecule has 0 radical (unpaired) electrons. The molecule has 0 aliphatic carbocycles. The van der Waals surface area contributed by atoms with Gasteiger partial charge in [-0.2, -0.15) is 0 Å². The van der Waals surface area contributed by atoms with Crippen molar-refractivity contribution in [2.24, 2.45) is 5.41 Å².